The number of aromatic amines is 1. The third kappa shape index (κ3) is 5.42. The van der Waals surface area contributed by atoms with Gasteiger partial charge in [-0.3, -0.25) is 14.4 Å². The Bertz CT molecular complexity index is 627. The number of carbonyl (C=O) groups excluding carboxylic acids is 2. The summed E-state index contributed by atoms with van der Waals surface area (Å²) >= 11 is 0. The number of carbonyl (C=O) groups is 2. The van der Waals surface area contributed by atoms with Gasteiger partial charge >= 0.3 is 0 Å². The molecule has 25 heavy (non-hydrogen) atoms. The van der Waals surface area contributed by atoms with Crippen molar-refractivity contribution in [3.63, 3.8) is 0 Å². The highest BCUT2D eigenvalue weighted by Crippen LogP contribution is 2.10. The highest BCUT2D eigenvalue weighted by molar-refractivity contribution is 5.94. The second-order valence-corrected chi connectivity index (χ2v) is 6.75. The summed E-state index contributed by atoms with van der Waals surface area (Å²) in [7, 11) is 0. The number of hydrogen-bond acceptors (Lipinski definition) is 4. The number of ether oxygens (including phenoxy) is 1. The number of piperazine rings is 1. The predicted molar refractivity (Wildman–Crippen MR) is 94.4 cm³/mol. The molecule has 0 saturated carbocycles. The van der Waals surface area contributed by atoms with Gasteiger partial charge in [0.05, 0.1) is 5.56 Å². The van der Waals surface area contributed by atoms with Gasteiger partial charge in [0.15, 0.2) is 0 Å². The lowest BCUT2D eigenvalue weighted by Crippen LogP contribution is -2.52. The highest BCUT2D eigenvalue weighted by Gasteiger charge is 2.27. The first kappa shape index (κ1) is 19.2. The first-order valence-corrected chi connectivity index (χ1v) is 8.77. The van der Waals surface area contributed by atoms with Crippen LogP contribution >= 0.6 is 0 Å². The maximum absolute atomic E-state index is 12.4. The van der Waals surface area contributed by atoms with Crippen LogP contribution in [0.2, 0.25) is 0 Å². The Hall–Kier alpha value is -2.15. The van der Waals surface area contributed by atoms with Gasteiger partial charge in [-0.1, -0.05) is 13.8 Å². The molecule has 0 spiro atoms. The topological polar surface area (TPSA) is 82.7 Å². The Morgan fingerprint density at radius 3 is 2.32 bits per heavy atom. The van der Waals surface area contributed by atoms with E-state index in [2.05, 4.69) is 18.8 Å². The lowest BCUT2D eigenvalue weighted by molar-refractivity contribution is -0.144. The van der Waals surface area contributed by atoms with Crippen molar-refractivity contribution in [3.05, 3.63) is 34.2 Å². The van der Waals surface area contributed by atoms with E-state index in [4.69, 9.17) is 4.74 Å². The summed E-state index contributed by atoms with van der Waals surface area (Å²) in [5.74, 6) is 0.384. The molecule has 1 aromatic rings. The smallest absolute Gasteiger partial charge is 0.255 e. The van der Waals surface area contributed by atoms with Crippen molar-refractivity contribution in [2.45, 2.75) is 33.3 Å². The van der Waals surface area contributed by atoms with E-state index in [9.17, 15) is 14.4 Å². The Morgan fingerprint density at radius 1 is 1.12 bits per heavy atom. The van der Waals surface area contributed by atoms with Crippen LogP contribution in [0.25, 0.3) is 0 Å². The van der Waals surface area contributed by atoms with Crippen LogP contribution in [0.1, 0.15) is 37.6 Å². The van der Waals surface area contributed by atoms with Crippen molar-refractivity contribution in [2.75, 3.05) is 32.8 Å². The molecule has 2 rings (SSSR count). The van der Waals surface area contributed by atoms with Crippen molar-refractivity contribution < 1.29 is 14.3 Å². The first-order valence-electron chi connectivity index (χ1n) is 8.77. The maximum atomic E-state index is 12.4. The average molecular weight is 349 g/mol. The van der Waals surface area contributed by atoms with Crippen molar-refractivity contribution in [1.82, 2.24) is 14.8 Å². The zero-order chi connectivity index (χ0) is 18.4. The molecule has 0 aliphatic carbocycles. The van der Waals surface area contributed by atoms with E-state index in [0.29, 0.717) is 44.3 Å². The summed E-state index contributed by atoms with van der Waals surface area (Å²) in [4.78, 5) is 41.8. The lowest BCUT2D eigenvalue weighted by Gasteiger charge is -2.36. The third-order valence-electron chi connectivity index (χ3n) is 4.32. The number of nitrogens with zero attached hydrogens (tertiary/aromatic N) is 2. The number of pyridine rings is 1. The van der Waals surface area contributed by atoms with E-state index in [1.165, 1.54) is 18.3 Å². The molecular weight excluding hydrogens is 322 g/mol. The summed E-state index contributed by atoms with van der Waals surface area (Å²) in [5.41, 5.74) is 0.211. The molecule has 1 saturated heterocycles. The zero-order valence-electron chi connectivity index (χ0n) is 15.2. The molecule has 7 nitrogen and oxygen atoms in total. The highest BCUT2D eigenvalue weighted by atomic mass is 16.5. The zero-order valence-corrected chi connectivity index (χ0v) is 15.2. The van der Waals surface area contributed by atoms with E-state index >= 15 is 0 Å². The van der Waals surface area contributed by atoms with E-state index in [1.807, 2.05) is 0 Å². The van der Waals surface area contributed by atoms with Crippen LogP contribution in [0.3, 0.4) is 0 Å². The minimum absolute atomic E-state index is 0.0279. The van der Waals surface area contributed by atoms with Crippen LogP contribution in [-0.4, -0.2) is 65.5 Å². The molecule has 1 unspecified atom stereocenters. The fraction of sp³-hybridized carbons (Fsp3) is 0.611. The molecular formula is C18H27N3O4. The van der Waals surface area contributed by atoms with Gasteiger partial charge in [-0.25, -0.2) is 0 Å². The number of nitrogens with one attached hydrogen (secondary N) is 1. The Balaban J connectivity index is 1.82. The van der Waals surface area contributed by atoms with Crippen LogP contribution in [0.5, 0.6) is 0 Å². The van der Waals surface area contributed by atoms with Crippen LogP contribution in [0, 0.1) is 5.92 Å². The fourth-order valence-electron chi connectivity index (χ4n) is 2.67. The quantitative estimate of drug-likeness (QED) is 0.834. The van der Waals surface area contributed by atoms with Gasteiger partial charge < -0.3 is 19.5 Å². The number of hydrogen-bond donors (Lipinski definition) is 1. The fourth-order valence-corrected chi connectivity index (χ4v) is 2.67. The van der Waals surface area contributed by atoms with Crippen LogP contribution in [-0.2, 0) is 9.53 Å². The van der Waals surface area contributed by atoms with Gasteiger partial charge in [0.1, 0.15) is 6.10 Å². The van der Waals surface area contributed by atoms with Crippen molar-refractivity contribution in [2.24, 2.45) is 5.92 Å². The SMILES string of the molecule is CC(C)CCOC(C)C(=O)N1CCN(C(=O)c2ccc(=O)[nH]c2)CC1. The standard InChI is InChI=1S/C18H27N3O4/c1-13(2)6-11-25-14(3)17(23)20-7-9-21(10-8-20)18(24)15-4-5-16(22)19-12-15/h4-5,12-14H,6-11H2,1-3H3,(H,19,22). The van der Waals surface area contributed by atoms with Crippen molar-refractivity contribution >= 4 is 11.8 Å². The molecule has 0 bridgehead atoms. The van der Waals surface area contributed by atoms with Gasteiger partial charge in [-0.05, 0) is 25.3 Å². The normalized spacial score (nSPS) is 16.2. The van der Waals surface area contributed by atoms with Crippen LogP contribution in [0.4, 0.5) is 0 Å². The minimum atomic E-state index is -0.458. The molecule has 0 aromatic carbocycles. The van der Waals surface area contributed by atoms with Crippen molar-refractivity contribution in [1.29, 1.82) is 0 Å². The molecule has 138 valence electrons. The van der Waals surface area contributed by atoms with Crippen LogP contribution in [0.15, 0.2) is 23.1 Å². The van der Waals surface area contributed by atoms with Gasteiger partial charge in [-0.2, -0.15) is 0 Å². The minimum Gasteiger partial charge on any atom is -0.369 e. The van der Waals surface area contributed by atoms with E-state index in [0.717, 1.165) is 6.42 Å². The van der Waals surface area contributed by atoms with Gasteiger partial charge in [0.25, 0.3) is 11.8 Å². The van der Waals surface area contributed by atoms with Gasteiger partial charge in [0.2, 0.25) is 5.56 Å². The third-order valence-corrected chi connectivity index (χ3v) is 4.32. The number of amides is 2. The summed E-state index contributed by atoms with van der Waals surface area (Å²) in [6, 6.07) is 2.85. The maximum Gasteiger partial charge on any atom is 0.255 e. The Kier molecular flexibility index (Phi) is 6.75. The van der Waals surface area contributed by atoms with Gasteiger partial charge in [-0.15, -0.1) is 0 Å². The largest absolute Gasteiger partial charge is 0.369 e. The molecule has 1 fully saturated rings. The Morgan fingerprint density at radius 2 is 1.76 bits per heavy atom. The molecule has 1 aliphatic heterocycles. The summed E-state index contributed by atoms with van der Waals surface area (Å²) in [6.45, 7) is 8.53. The summed E-state index contributed by atoms with van der Waals surface area (Å²) < 4.78 is 5.62. The molecule has 0 radical (unpaired) electrons. The monoisotopic (exact) mass is 349 g/mol. The summed E-state index contributed by atoms with van der Waals surface area (Å²) in [5, 5.41) is 0. The molecule has 1 aliphatic rings. The van der Waals surface area contributed by atoms with E-state index in [-0.39, 0.29) is 17.4 Å². The predicted octanol–water partition coefficient (Wildman–Crippen LogP) is 1.11. The van der Waals surface area contributed by atoms with E-state index < -0.39 is 6.10 Å². The number of H-pyrrole nitrogens is 1. The van der Waals surface area contributed by atoms with E-state index in [1.54, 1.807) is 16.7 Å². The second-order valence-electron chi connectivity index (χ2n) is 6.75. The van der Waals surface area contributed by atoms with Crippen LogP contribution < -0.4 is 5.56 Å². The lowest BCUT2D eigenvalue weighted by atomic mass is 10.1. The average Bonchev–Trinajstić information content (AvgIpc) is 2.61. The molecule has 1 N–H and O–H groups in total. The van der Waals surface area contributed by atoms with Crippen molar-refractivity contribution in [3.8, 4) is 0 Å². The summed E-state index contributed by atoms with van der Waals surface area (Å²) in [6.07, 6.45) is 1.89. The first-order chi connectivity index (χ1) is 11.9. The number of rotatable bonds is 6. The molecule has 2 heterocycles. The van der Waals surface area contributed by atoms with Gasteiger partial charge in [0, 0.05) is 45.0 Å². The molecule has 7 heteroatoms. The second kappa shape index (κ2) is 8.80. The molecule has 2 amide bonds. The molecule has 1 atom stereocenters. The number of aromatic nitrogens is 1. The molecule has 1 aromatic heterocycles. The Labute approximate surface area is 148 Å².